The molecule has 1 fully saturated rings. The van der Waals surface area contributed by atoms with Crippen molar-refractivity contribution in [3.63, 3.8) is 0 Å². The highest BCUT2D eigenvalue weighted by atomic mass is 16.4. The first-order valence-corrected chi connectivity index (χ1v) is 4.67. The lowest BCUT2D eigenvalue weighted by molar-refractivity contribution is 0.358. The van der Waals surface area contributed by atoms with E-state index in [4.69, 9.17) is 10.0 Å². The summed E-state index contributed by atoms with van der Waals surface area (Å²) in [6, 6.07) is 0. The minimum atomic E-state index is -1.08. The van der Waals surface area contributed by atoms with Gasteiger partial charge < -0.3 is 10.0 Å². The SMILES string of the molecule is OB(O)C1CCCCCCC1. The van der Waals surface area contributed by atoms with Crippen LogP contribution >= 0.6 is 0 Å². The molecular formula is C8H17BO2. The largest absolute Gasteiger partial charge is 0.454 e. The predicted octanol–water partition coefficient (Wildman–Crippen LogP) is 1.57. The average molecular weight is 156 g/mol. The van der Waals surface area contributed by atoms with Gasteiger partial charge in [0.1, 0.15) is 0 Å². The van der Waals surface area contributed by atoms with Crippen molar-refractivity contribution < 1.29 is 10.0 Å². The summed E-state index contributed by atoms with van der Waals surface area (Å²) in [7, 11) is -1.08. The van der Waals surface area contributed by atoms with E-state index in [0.717, 1.165) is 12.8 Å². The van der Waals surface area contributed by atoms with Crippen LogP contribution < -0.4 is 0 Å². The van der Waals surface area contributed by atoms with Crippen LogP contribution in [0, 0.1) is 0 Å². The van der Waals surface area contributed by atoms with Crippen LogP contribution in [0.3, 0.4) is 0 Å². The van der Waals surface area contributed by atoms with Gasteiger partial charge in [0, 0.05) is 0 Å². The number of rotatable bonds is 1. The molecule has 0 aliphatic heterocycles. The van der Waals surface area contributed by atoms with Crippen LogP contribution in [0.1, 0.15) is 44.9 Å². The summed E-state index contributed by atoms with van der Waals surface area (Å²) in [5.41, 5.74) is 0. The Balaban J connectivity index is 2.26. The molecule has 0 aromatic rings. The zero-order chi connectivity index (χ0) is 8.10. The molecule has 0 atom stereocenters. The van der Waals surface area contributed by atoms with Crippen LogP contribution in [0.4, 0.5) is 0 Å². The summed E-state index contributed by atoms with van der Waals surface area (Å²) in [5, 5.41) is 17.9. The molecule has 0 spiro atoms. The van der Waals surface area contributed by atoms with Crippen LogP contribution in [0.15, 0.2) is 0 Å². The lowest BCUT2D eigenvalue weighted by atomic mass is 9.67. The molecule has 11 heavy (non-hydrogen) atoms. The summed E-state index contributed by atoms with van der Waals surface area (Å²) in [4.78, 5) is 0. The van der Waals surface area contributed by atoms with Gasteiger partial charge in [-0.05, 0) is 5.82 Å². The molecule has 2 nitrogen and oxygen atoms in total. The Hall–Kier alpha value is -0.0151. The fourth-order valence-electron chi connectivity index (χ4n) is 1.79. The fraction of sp³-hybridized carbons (Fsp3) is 1.00. The molecule has 0 aromatic heterocycles. The smallest absolute Gasteiger partial charge is 0.427 e. The van der Waals surface area contributed by atoms with Gasteiger partial charge in [0.15, 0.2) is 0 Å². The van der Waals surface area contributed by atoms with Gasteiger partial charge in [-0.25, -0.2) is 0 Å². The van der Waals surface area contributed by atoms with Crippen molar-refractivity contribution in [2.75, 3.05) is 0 Å². The number of hydrogen-bond acceptors (Lipinski definition) is 2. The normalized spacial score (nSPS) is 22.4. The van der Waals surface area contributed by atoms with Crippen molar-refractivity contribution in [2.45, 2.75) is 50.8 Å². The zero-order valence-corrected chi connectivity index (χ0v) is 7.00. The van der Waals surface area contributed by atoms with E-state index in [1.807, 2.05) is 0 Å². The molecule has 0 aromatic carbocycles. The highest BCUT2D eigenvalue weighted by Gasteiger charge is 2.22. The molecule has 1 aliphatic rings. The van der Waals surface area contributed by atoms with Crippen LogP contribution in [-0.4, -0.2) is 17.2 Å². The van der Waals surface area contributed by atoms with Crippen LogP contribution in [-0.2, 0) is 0 Å². The lowest BCUT2D eigenvalue weighted by Gasteiger charge is -2.17. The molecule has 0 amide bonds. The Labute approximate surface area is 68.8 Å². The molecule has 1 rings (SSSR count). The molecule has 0 heterocycles. The van der Waals surface area contributed by atoms with Crippen molar-refractivity contribution in [3.8, 4) is 0 Å². The van der Waals surface area contributed by atoms with E-state index in [-0.39, 0.29) is 5.82 Å². The second-order valence-electron chi connectivity index (χ2n) is 3.52. The Morgan fingerprint density at radius 3 is 1.73 bits per heavy atom. The highest BCUT2D eigenvalue weighted by Crippen LogP contribution is 2.27. The maximum absolute atomic E-state index is 8.95. The van der Waals surface area contributed by atoms with Gasteiger partial charge in [-0.15, -0.1) is 0 Å². The van der Waals surface area contributed by atoms with Gasteiger partial charge in [-0.3, -0.25) is 0 Å². The van der Waals surface area contributed by atoms with Crippen LogP contribution in [0.5, 0.6) is 0 Å². The summed E-state index contributed by atoms with van der Waals surface area (Å²) >= 11 is 0. The van der Waals surface area contributed by atoms with Gasteiger partial charge in [0.2, 0.25) is 0 Å². The third-order valence-corrected chi connectivity index (χ3v) is 2.57. The van der Waals surface area contributed by atoms with Crippen molar-refractivity contribution in [2.24, 2.45) is 0 Å². The topological polar surface area (TPSA) is 40.5 Å². The van der Waals surface area contributed by atoms with E-state index >= 15 is 0 Å². The number of hydrogen-bond donors (Lipinski definition) is 2. The molecule has 64 valence electrons. The fourth-order valence-corrected chi connectivity index (χ4v) is 1.79. The van der Waals surface area contributed by atoms with E-state index in [1.165, 1.54) is 32.1 Å². The van der Waals surface area contributed by atoms with E-state index in [9.17, 15) is 0 Å². The van der Waals surface area contributed by atoms with Crippen LogP contribution in [0.25, 0.3) is 0 Å². The summed E-state index contributed by atoms with van der Waals surface area (Å²) in [6.45, 7) is 0. The first-order chi connectivity index (χ1) is 5.30. The maximum atomic E-state index is 8.95. The molecule has 0 bridgehead atoms. The van der Waals surface area contributed by atoms with Gasteiger partial charge in [-0.2, -0.15) is 0 Å². The van der Waals surface area contributed by atoms with Crippen molar-refractivity contribution in [1.82, 2.24) is 0 Å². The molecule has 0 saturated heterocycles. The monoisotopic (exact) mass is 156 g/mol. The highest BCUT2D eigenvalue weighted by molar-refractivity contribution is 6.43. The summed E-state index contributed by atoms with van der Waals surface area (Å²) in [6.07, 6.45) is 8.20. The Morgan fingerprint density at radius 2 is 1.27 bits per heavy atom. The van der Waals surface area contributed by atoms with Gasteiger partial charge in [0.25, 0.3) is 0 Å². The first kappa shape index (κ1) is 9.08. The van der Waals surface area contributed by atoms with E-state index in [0.29, 0.717) is 0 Å². The molecule has 0 unspecified atom stereocenters. The minimum Gasteiger partial charge on any atom is -0.427 e. The van der Waals surface area contributed by atoms with Gasteiger partial charge >= 0.3 is 7.12 Å². The second kappa shape index (κ2) is 4.78. The quantitative estimate of drug-likeness (QED) is 0.565. The average Bonchev–Trinajstić information content (AvgIpc) is 1.84. The minimum absolute atomic E-state index is 0.148. The molecular weight excluding hydrogens is 139 g/mol. The first-order valence-electron chi connectivity index (χ1n) is 4.67. The Morgan fingerprint density at radius 1 is 0.818 bits per heavy atom. The van der Waals surface area contributed by atoms with Crippen molar-refractivity contribution in [3.05, 3.63) is 0 Å². The zero-order valence-electron chi connectivity index (χ0n) is 7.00. The van der Waals surface area contributed by atoms with E-state index in [1.54, 1.807) is 0 Å². The Kier molecular flexibility index (Phi) is 3.94. The lowest BCUT2D eigenvalue weighted by Crippen LogP contribution is -2.20. The molecule has 1 saturated carbocycles. The van der Waals surface area contributed by atoms with Crippen molar-refractivity contribution >= 4 is 7.12 Å². The van der Waals surface area contributed by atoms with E-state index < -0.39 is 7.12 Å². The standard InChI is InChI=1S/C8H17BO2/c10-9(11)8-6-4-2-1-3-5-7-8/h8,10-11H,1-7H2. The van der Waals surface area contributed by atoms with Gasteiger partial charge in [-0.1, -0.05) is 44.9 Å². The maximum Gasteiger partial charge on any atom is 0.454 e. The molecule has 2 N–H and O–H groups in total. The summed E-state index contributed by atoms with van der Waals surface area (Å²) < 4.78 is 0. The van der Waals surface area contributed by atoms with Crippen LogP contribution in [0.2, 0.25) is 5.82 Å². The third-order valence-electron chi connectivity index (χ3n) is 2.57. The van der Waals surface area contributed by atoms with Crippen molar-refractivity contribution in [1.29, 1.82) is 0 Å². The predicted molar refractivity (Wildman–Crippen MR) is 46.3 cm³/mol. The van der Waals surface area contributed by atoms with Gasteiger partial charge in [0.05, 0.1) is 0 Å². The molecule has 1 aliphatic carbocycles. The second-order valence-corrected chi connectivity index (χ2v) is 3.52. The molecule has 0 radical (unpaired) electrons. The Bertz CT molecular complexity index is 98.3. The van der Waals surface area contributed by atoms with E-state index in [2.05, 4.69) is 0 Å². The third kappa shape index (κ3) is 3.26. The molecule has 3 heteroatoms. The summed E-state index contributed by atoms with van der Waals surface area (Å²) in [5.74, 6) is 0.148.